The molecule has 0 bridgehead atoms. The fourth-order valence-corrected chi connectivity index (χ4v) is 1.95. The lowest BCUT2D eigenvalue weighted by atomic mass is 9.87. The molecule has 0 aliphatic rings. The maximum Gasteiger partial charge on any atom is 0.303 e. The maximum atomic E-state index is 10.3. The van der Waals surface area contributed by atoms with E-state index in [9.17, 15) is 4.79 Å². The van der Waals surface area contributed by atoms with E-state index in [0.717, 1.165) is 25.2 Å². The van der Waals surface area contributed by atoms with Gasteiger partial charge in [0.05, 0.1) is 0 Å². The topological polar surface area (TPSA) is 37.3 Å². The van der Waals surface area contributed by atoms with E-state index in [2.05, 4.69) is 26.5 Å². The van der Waals surface area contributed by atoms with Gasteiger partial charge >= 0.3 is 5.97 Å². The Morgan fingerprint density at radius 2 is 1.94 bits per heavy atom. The minimum absolute atomic E-state index is 0.316. The van der Waals surface area contributed by atoms with Gasteiger partial charge in [0, 0.05) is 6.42 Å². The van der Waals surface area contributed by atoms with Gasteiger partial charge in [-0.25, -0.2) is 0 Å². The molecular formula is C14H26O2. The second-order valence-electron chi connectivity index (χ2n) is 4.63. The summed E-state index contributed by atoms with van der Waals surface area (Å²) in [5, 5.41) is 8.49. The average Bonchev–Trinajstić information content (AvgIpc) is 2.27. The molecule has 0 spiro atoms. The molecule has 0 aliphatic carbocycles. The predicted molar refractivity (Wildman–Crippen MR) is 68.5 cm³/mol. The molecule has 0 aromatic heterocycles. The molecule has 0 aromatic rings. The smallest absolute Gasteiger partial charge is 0.303 e. The molecule has 0 aliphatic heterocycles. The summed E-state index contributed by atoms with van der Waals surface area (Å²) >= 11 is 0. The minimum atomic E-state index is -0.677. The number of allylic oxidation sites excluding steroid dienone is 1. The third-order valence-electron chi connectivity index (χ3n) is 3.36. The first-order chi connectivity index (χ1) is 7.61. The number of hydrogen-bond acceptors (Lipinski definition) is 1. The van der Waals surface area contributed by atoms with E-state index < -0.39 is 5.97 Å². The van der Waals surface area contributed by atoms with E-state index in [0.29, 0.717) is 12.3 Å². The van der Waals surface area contributed by atoms with E-state index in [-0.39, 0.29) is 0 Å². The minimum Gasteiger partial charge on any atom is -0.481 e. The first-order valence-corrected chi connectivity index (χ1v) is 6.46. The monoisotopic (exact) mass is 226 g/mol. The third-order valence-corrected chi connectivity index (χ3v) is 3.36. The van der Waals surface area contributed by atoms with Crippen LogP contribution in [-0.2, 0) is 4.79 Å². The molecule has 2 unspecified atom stereocenters. The van der Waals surface area contributed by atoms with E-state index in [1.807, 2.05) is 0 Å². The summed E-state index contributed by atoms with van der Waals surface area (Å²) in [5.74, 6) is 0.671. The molecule has 0 rings (SSSR count). The van der Waals surface area contributed by atoms with Crippen molar-refractivity contribution in [2.24, 2.45) is 11.8 Å². The van der Waals surface area contributed by atoms with Gasteiger partial charge in [0.1, 0.15) is 0 Å². The molecule has 16 heavy (non-hydrogen) atoms. The molecule has 0 saturated carbocycles. The van der Waals surface area contributed by atoms with Crippen molar-refractivity contribution in [3.63, 3.8) is 0 Å². The van der Waals surface area contributed by atoms with E-state index in [1.165, 1.54) is 19.3 Å². The van der Waals surface area contributed by atoms with Gasteiger partial charge in [-0.2, -0.15) is 0 Å². The van der Waals surface area contributed by atoms with Crippen molar-refractivity contribution in [1.82, 2.24) is 0 Å². The number of carbonyl (C=O) groups is 1. The quantitative estimate of drug-likeness (QED) is 0.446. The average molecular weight is 226 g/mol. The molecule has 0 aromatic carbocycles. The summed E-state index contributed by atoms with van der Waals surface area (Å²) in [6.45, 7) is 8.38. The molecular weight excluding hydrogens is 200 g/mol. The number of carboxylic acid groups (broad SMARTS) is 1. The Hall–Kier alpha value is -0.790. The fourth-order valence-electron chi connectivity index (χ4n) is 1.95. The highest BCUT2D eigenvalue weighted by Crippen LogP contribution is 2.22. The Bertz CT molecular complexity index is 199. The summed E-state index contributed by atoms with van der Waals surface area (Å²) in [6, 6.07) is 0. The van der Waals surface area contributed by atoms with Crippen molar-refractivity contribution in [2.75, 3.05) is 0 Å². The van der Waals surface area contributed by atoms with Gasteiger partial charge in [-0.1, -0.05) is 45.6 Å². The van der Waals surface area contributed by atoms with Gasteiger partial charge in [0.25, 0.3) is 0 Å². The summed E-state index contributed by atoms with van der Waals surface area (Å²) < 4.78 is 0. The van der Waals surface area contributed by atoms with Crippen molar-refractivity contribution in [3.05, 3.63) is 12.7 Å². The second-order valence-corrected chi connectivity index (χ2v) is 4.63. The Morgan fingerprint density at radius 3 is 2.44 bits per heavy atom. The van der Waals surface area contributed by atoms with Crippen LogP contribution in [0.1, 0.15) is 58.8 Å². The van der Waals surface area contributed by atoms with E-state index >= 15 is 0 Å². The van der Waals surface area contributed by atoms with Gasteiger partial charge in [-0.15, -0.1) is 6.58 Å². The first-order valence-electron chi connectivity index (χ1n) is 6.46. The third kappa shape index (κ3) is 7.49. The van der Waals surface area contributed by atoms with Gasteiger partial charge in [0.15, 0.2) is 0 Å². The van der Waals surface area contributed by atoms with Gasteiger partial charge in [-0.3, -0.25) is 4.79 Å². The molecule has 94 valence electrons. The normalized spacial score (nSPS) is 14.4. The Morgan fingerprint density at radius 1 is 1.31 bits per heavy atom. The van der Waals surface area contributed by atoms with Gasteiger partial charge in [-0.05, 0) is 24.7 Å². The molecule has 0 heterocycles. The van der Waals surface area contributed by atoms with Crippen molar-refractivity contribution in [1.29, 1.82) is 0 Å². The standard InChI is InChI=1S/C14H26O2/c1-4-12(3)13(5-2)10-8-6-7-9-11-14(15)16/h5,12-13H,2,4,6-11H2,1,3H3,(H,15,16). The van der Waals surface area contributed by atoms with Crippen LogP contribution in [0.25, 0.3) is 0 Å². The molecule has 1 N–H and O–H groups in total. The predicted octanol–water partition coefficient (Wildman–Crippen LogP) is 4.26. The first kappa shape index (κ1) is 15.2. The van der Waals surface area contributed by atoms with Crippen molar-refractivity contribution >= 4 is 5.97 Å². The highest BCUT2D eigenvalue weighted by atomic mass is 16.4. The zero-order valence-corrected chi connectivity index (χ0v) is 10.7. The van der Waals surface area contributed by atoms with Crippen LogP contribution in [0.3, 0.4) is 0 Å². The molecule has 0 radical (unpaired) electrons. The lowest BCUT2D eigenvalue weighted by Gasteiger charge is -2.18. The van der Waals surface area contributed by atoms with Crippen LogP contribution >= 0.6 is 0 Å². The maximum absolute atomic E-state index is 10.3. The molecule has 2 heteroatoms. The molecule has 0 fully saturated rings. The fraction of sp³-hybridized carbons (Fsp3) is 0.786. The Kier molecular flexibility index (Phi) is 8.97. The zero-order chi connectivity index (χ0) is 12.4. The van der Waals surface area contributed by atoms with Crippen molar-refractivity contribution in [3.8, 4) is 0 Å². The number of unbranched alkanes of at least 4 members (excludes halogenated alkanes) is 3. The van der Waals surface area contributed by atoms with Crippen LogP contribution in [0, 0.1) is 11.8 Å². The Balaban J connectivity index is 3.48. The molecule has 2 atom stereocenters. The summed E-state index contributed by atoms with van der Waals surface area (Å²) in [4.78, 5) is 10.3. The van der Waals surface area contributed by atoms with Crippen LogP contribution in [0.4, 0.5) is 0 Å². The largest absolute Gasteiger partial charge is 0.481 e. The van der Waals surface area contributed by atoms with Crippen LogP contribution < -0.4 is 0 Å². The van der Waals surface area contributed by atoms with Crippen LogP contribution in [0.2, 0.25) is 0 Å². The lowest BCUT2D eigenvalue weighted by molar-refractivity contribution is -0.137. The summed E-state index contributed by atoms with van der Waals surface area (Å²) in [5.41, 5.74) is 0. The van der Waals surface area contributed by atoms with E-state index in [4.69, 9.17) is 5.11 Å². The Labute approximate surface area is 99.7 Å². The van der Waals surface area contributed by atoms with Crippen LogP contribution in [0.15, 0.2) is 12.7 Å². The van der Waals surface area contributed by atoms with Crippen LogP contribution in [0.5, 0.6) is 0 Å². The number of hydrogen-bond donors (Lipinski definition) is 1. The summed E-state index contributed by atoms with van der Waals surface area (Å²) in [6.07, 6.45) is 8.99. The number of rotatable bonds is 10. The van der Waals surface area contributed by atoms with Gasteiger partial charge in [0.2, 0.25) is 0 Å². The van der Waals surface area contributed by atoms with Gasteiger partial charge < -0.3 is 5.11 Å². The van der Waals surface area contributed by atoms with E-state index in [1.54, 1.807) is 0 Å². The highest BCUT2D eigenvalue weighted by Gasteiger charge is 2.11. The molecule has 2 nitrogen and oxygen atoms in total. The zero-order valence-electron chi connectivity index (χ0n) is 10.7. The van der Waals surface area contributed by atoms with Crippen molar-refractivity contribution < 1.29 is 9.90 Å². The second kappa shape index (κ2) is 9.44. The number of carboxylic acids is 1. The summed E-state index contributed by atoms with van der Waals surface area (Å²) in [7, 11) is 0. The van der Waals surface area contributed by atoms with Crippen molar-refractivity contribution in [2.45, 2.75) is 58.8 Å². The number of aliphatic carboxylic acids is 1. The lowest BCUT2D eigenvalue weighted by Crippen LogP contribution is -2.07. The molecule has 0 saturated heterocycles. The highest BCUT2D eigenvalue weighted by molar-refractivity contribution is 5.66. The van der Waals surface area contributed by atoms with Crippen LogP contribution in [-0.4, -0.2) is 11.1 Å². The molecule has 0 amide bonds. The SMILES string of the molecule is C=CC(CCCCCCC(=O)O)C(C)CC.